The predicted molar refractivity (Wildman–Crippen MR) is 60.7 cm³/mol. The lowest BCUT2D eigenvalue weighted by molar-refractivity contribution is -0.138. The van der Waals surface area contributed by atoms with E-state index < -0.39 is 23.4 Å². The Morgan fingerprint density at radius 1 is 1.05 bits per heavy atom. The molecule has 6 heteroatoms. The topological polar surface area (TPSA) is 12.0 Å². The number of halogens is 5. The van der Waals surface area contributed by atoms with Crippen molar-refractivity contribution in [1.29, 1.82) is 0 Å². The van der Waals surface area contributed by atoms with Crippen molar-refractivity contribution >= 4 is 0 Å². The van der Waals surface area contributed by atoms with Crippen molar-refractivity contribution in [2.75, 3.05) is 13.1 Å². The molecule has 0 unspecified atom stereocenters. The van der Waals surface area contributed by atoms with Crippen LogP contribution >= 0.6 is 0 Å². The van der Waals surface area contributed by atoms with Crippen LogP contribution in [-0.2, 0) is 12.6 Å². The third-order valence-electron chi connectivity index (χ3n) is 3.42. The molecule has 0 radical (unpaired) electrons. The quantitative estimate of drug-likeness (QED) is 0.817. The van der Waals surface area contributed by atoms with Crippen LogP contribution in [0.5, 0.6) is 0 Å². The number of alkyl halides is 3. The van der Waals surface area contributed by atoms with Crippen molar-refractivity contribution in [3.63, 3.8) is 0 Å². The Hall–Kier alpha value is -1.17. The van der Waals surface area contributed by atoms with Gasteiger partial charge in [0.25, 0.3) is 0 Å². The van der Waals surface area contributed by atoms with E-state index in [2.05, 4.69) is 5.32 Å². The summed E-state index contributed by atoms with van der Waals surface area (Å²) in [6, 6.07) is 0.749. The van der Waals surface area contributed by atoms with Gasteiger partial charge in [-0.1, -0.05) is 0 Å². The van der Waals surface area contributed by atoms with Gasteiger partial charge < -0.3 is 5.32 Å². The van der Waals surface area contributed by atoms with E-state index in [1.165, 1.54) is 0 Å². The van der Waals surface area contributed by atoms with E-state index in [0.29, 0.717) is 12.1 Å². The van der Waals surface area contributed by atoms with Crippen molar-refractivity contribution in [1.82, 2.24) is 5.32 Å². The van der Waals surface area contributed by atoms with Crippen LogP contribution in [-0.4, -0.2) is 13.1 Å². The number of benzene rings is 1. The number of piperidine rings is 1. The summed E-state index contributed by atoms with van der Waals surface area (Å²) in [5.74, 6) is -2.10. The first kappa shape index (κ1) is 14.2. The normalized spacial score (nSPS) is 17.7. The van der Waals surface area contributed by atoms with Crippen LogP contribution < -0.4 is 5.32 Å². The van der Waals surface area contributed by atoms with E-state index >= 15 is 0 Å². The van der Waals surface area contributed by atoms with Gasteiger partial charge in [-0.25, -0.2) is 8.78 Å². The van der Waals surface area contributed by atoms with Crippen molar-refractivity contribution in [2.24, 2.45) is 5.92 Å². The lowest BCUT2D eigenvalue weighted by Gasteiger charge is -2.23. The lowest BCUT2D eigenvalue weighted by Crippen LogP contribution is -2.29. The maximum Gasteiger partial charge on any atom is 0.416 e. The molecule has 1 fully saturated rings. The lowest BCUT2D eigenvalue weighted by atomic mass is 9.90. The van der Waals surface area contributed by atoms with E-state index in [4.69, 9.17) is 0 Å². The second-order valence-electron chi connectivity index (χ2n) is 4.81. The van der Waals surface area contributed by atoms with E-state index in [1.807, 2.05) is 0 Å². The average molecular weight is 279 g/mol. The molecule has 1 N–H and O–H groups in total. The summed E-state index contributed by atoms with van der Waals surface area (Å²) in [5.41, 5.74) is -1.52. The largest absolute Gasteiger partial charge is 0.416 e. The fourth-order valence-corrected chi connectivity index (χ4v) is 2.34. The van der Waals surface area contributed by atoms with Crippen LogP contribution in [0.2, 0.25) is 0 Å². The molecule has 1 heterocycles. The number of nitrogens with one attached hydrogen (secondary N) is 1. The van der Waals surface area contributed by atoms with E-state index in [0.717, 1.165) is 25.9 Å². The number of hydrogen-bond acceptors (Lipinski definition) is 1. The Morgan fingerprint density at radius 2 is 1.58 bits per heavy atom. The van der Waals surface area contributed by atoms with E-state index in [9.17, 15) is 22.0 Å². The van der Waals surface area contributed by atoms with Gasteiger partial charge in [-0.2, -0.15) is 13.2 Å². The monoisotopic (exact) mass is 279 g/mol. The minimum atomic E-state index is -4.73. The Kier molecular flexibility index (Phi) is 4.08. The third-order valence-corrected chi connectivity index (χ3v) is 3.42. The molecule has 0 amide bonds. The summed E-state index contributed by atoms with van der Waals surface area (Å²) < 4.78 is 64.5. The van der Waals surface area contributed by atoms with Crippen molar-refractivity contribution in [2.45, 2.75) is 25.4 Å². The SMILES string of the molecule is Fc1cc(C(F)(F)F)cc(F)c1CC1CCNCC1. The average Bonchev–Trinajstić information content (AvgIpc) is 2.33. The Morgan fingerprint density at radius 3 is 2.05 bits per heavy atom. The molecule has 1 aromatic rings. The predicted octanol–water partition coefficient (Wildman–Crippen LogP) is 3.53. The fourth-order valence-electron chi connectivity index (χ4n) is 2.34. The minimum absolute atomic E-state index is 0.113. The highest BCUT2D eigenvalue weighted by Crippen LogP contribution is 2.32. The van der Waals surface area contributed by atoms with Crippen molar-refractivity contribution in [3.8, 4) is 0 Å². The molecule has 0 atom stereocenters. The van der Waals surface area contributed by atoms with Crippen molar-refractivity contribution < 1.29 is 22.0 Å². The summed E-state index contributed by atoms with van der Waals surface area (Å²) in [7, 11) is 0. The highest BCUT2D eigenvalue weighted by molar-refractivity contribution is 5.28. The summed E-state index contributed by atoms with van der Waals surface area (Å²) >= 11 is 0. The molecule has 0 saturated carbocycles. The second-order valence-corrected chi connectivity index (χ2v) is 4.81. The highest BCUT2D eigenvalue weighted by atomic mass is 19.4. The molecule has 0 spiro atoms. The molecule has 2 rings (SSSR count). The Labute approximate surface area is 107 Å². The molecule has 0 aliphatic carbocycles. The summed E-state index contributed by atoms with van der Waals surface area (Å²) in [6.07, 6.45) is -3.02. The molecule has 1 aromatic carbocycles. The van der Waals surface area contributed by atoms with Crippen LogP contribution in [0.3, 0.4) is 0 Å². The Balaban J connectivity index is 2.21. The van der Waals surface area contributed by atoms with Gasteiger partial charge in [0.1, 0.15) is 11.6 Å². The molecule has 1 aliphatic rings. The maximum absolute atomic E-state index is 13.6. The summed E-state index contributed by atoms with van der Waals surface area (Å²) in [4.78, 5) is 0. The zero-order valence-electron chi connectivity index (χ0n) is 10.2. The van der Waals surface area contributed by atoms with E-state index in [-0.39, 0.29) is 17.9 Å². The molecule has 0 aromatic heterocycles. The molecule has 0 bridgehead atoms. The molecule has 1 saturated heterocycles. The number of hydrogen-bond donors (Lipinski definition) is 1. The summed E-state index contributed by atoms with van der Waals surface area (Å²) in [5, 5.41) is 3.12. The molecule has 1 aliphatic heterocycles. The first-order valence-electron chi connectivity index (χ1n) is 6.14. The van der Waals surface area contributed by atoms with E-state index in [1.54, 1.807) is 0 Å². The molecule has 106 valence electrons. The van der Waals surface area contributed by atoms with Crippen LogP contribution in [0.1, 0.15) is 24.0 Å². The minimum Gasteiger partial charge on any atom is -0.317 e. The van der Waals surface area contributed by atoms with Gasteiger partial charge >= 0.3 is 6.18 Å². The number of rotatable bonds is 2. The van der Waals surface area contributed by atoms with Crippen molar-refractivity contribution in [3.05, 3.63) is 34.9 Å². The first-order valence-corrected chi connectivity index (χ1v) is 6.14. The summed E-state index contributed by atoms with van der Waals surface area (Å²) in [6.45, 7) is 1.54. The first-order chi connectivity index (χ1) is 8.88. The zero-order chi connectivity index (χ0) is 14.0. The Bertz CT molecular complexity index is 426. The maximum atomic E-state index is 13.6. The molecular weight excluding hydrogens is 265 g/mol. The smallest absolute Gasteiger partial charge is 0.317 e. The van der Waals surface area contributed by atoms with Gasteiger partial charge in [0.05, 0.1) is 5.56 Å². The van der Waals surface area contributed by atoms with Gasteiger partial charge in [0, 0.05) is 5.56 Å². The van der Waals surface area contributed by atoms with Crippen LogP contribution in [0.4, 0.5) is 22.0 Å². The fraction of sp³-hybridized carbons (Fsp3) is 0.538. The standard InChI is InChI=1S/C13H14F5N/c14-11-6-9(13(16,17)18)7-12(15)10(11)5-8-1-3-19-4-2-8/h6-8,19H,1-5H2. The second kappa shape index (κ2) is 5.45. The van der Waals surface area contributed by atoms with Gasteiger partial charge in [-0.3, -0.25) is 0 Å². The van der Waals surface area contributed by atoms with Gasteiger partial charge in [-0.15, -0.1) is 0 Å². The third kappa shape index (κ3) is 3.43. The van der Waals surface area contributed by atoms with Gasteiger partial charge in [-0.05, 0) is 50.4 Å². The van der Waals surface area contributed by atoms with Crippen LogP contribution in [0.15, 0.2) is 12.1 Å². The zero-order valence-corrected chi connectivity index (χ0v) is 10.2. The molecule has 19 heavy (non-hydrogen) atoms. The van der Waals surface area contributed by atoms with Crippen LogP contribution in [0, 0.1) is 17.6 Å². The van der Waals surface area contributed by atoms with Crippen LogP contribution in [0.25, 0.3) is 0 Å². The van der Waals surface area contributed by atoms with Gasteiger partial charge in [0.2, 0.25) is 0 Å². The van der Waals surface area contributed by atoms with Gasteiger partial charge in [0.15, 0.2) is 0 Å². The molecular formula is C13H14F5N. The highest BCUT2D eigenvalue weighted by Gasteiger charge is 2.33. The molecule has 1 nitrogen and oxygen atoms in total.